The van der Waals surface area contributed by atoms with Crippen molar-refractivity contribution in [3.05, 3.63) is 12.2 Å². The average molecular weight is 174 g/mol. The normalized spacial score (nSPS) is 26.5. The van der Waals surface area contributed by atoms with Crippen molar-refractivity contribution in [2.45, 2.75) is 18.9 Å². The molecule has 62 valence electrons. The van der Waals surface area contributed by atoms with E-state index in [1.165, 1.54) is 12.5 Å². The number of likely N-dealkylation sites (N-methyl/N-ethyl adjacent to an activating group) is 1. The fourth-order valence-electron chi connectivity index (χ4n) is 1.37. The van der Waals surface area contributed by atoms with Crippen LogP contribution in [0.2, 0.25) is 0 Å². The summed E-state index contributed by atoms with van der Waals surface area (Å²) in [5.41, 5.74) is 0. The summed E-state index contributed by atoms with van der Waals surface area (Å²) in [4.78, 5) is 12.6. The first-order chi connectivity index (χ1) is 5.20. The second kappa shape index (κ2) is 3.88. The molecule has 1 aliphatic rings. The SMILES string of the molecule is CN1CCCC1/C=C/C(=O)Cl. The number of rotatable bonds is 2. The van der Waals surface area contributed by atoms with Gasteiger partial charge in [-0.05, 0) is 44.1 Å². The van der Waals surface area contributed by atoms with Crippen LogP contribution >= 0.6 is 11.6 Å². The molecule has 0 amide bonds. The quantitative estimate of drug-likeness (QED) is 0.465. The van der Waals surface area contributed by atoms with Crippen molar-refractivity contribution in [1.82, 2.24) is 4.90 Å². The molecule has 1 heterocycles. The van der Waals surface area contributed by atoms with Crippen LogP contribution in [0.1, 0.15) is 12.8 Å². The van der Waals surface area contributed by atoms with Crippen LogP contribution in [0.5, 0.6) is 0 Å². The summed E-state index contributed by atoms with van der Waals surface area (Å²) < 4.78 is 0. The Bertz CT molecular complexity index is 179. The van der Waals surface area contributed by atoms with Crippen molar-refractivity contribution in [2.75, 3.05) is 13.6 Å². The molecule has 3 heteroatoms. The molecule has 0 N–H and O–H groups in total. The van der Waals surface area contributed by atoms with Crippen LogP contribution < -0.4 is 0 Å². The molecule has 1 aliphatic heterocycles. The van der Waals surface area contributed by atoms with Gasteiger partial charge < -0.3 is 0 Å². The number of likely N-dealkylation sites (tertiary alicyclic amines) is 1. The summed E-state index contributed by atoms with van der Waals surface area (Å²) in [5, 5.41) is -0.384. The Morgan fingerprint density at radius 3 is 2.91 bits per heavy atom. The van der Waals surface area contributed by atoms with E-state index in [0.717, 1.165) is 13.0 Å². The lowest BCUT2D eigenvalue weighted by Crippen LogP contribution is -2.22. The molecule has 0 aromatic heterocycles. The van der Waals surface area contributed by atoms with E-state index >= 15 is 0 Å². The summed E-state index contributed by atoms with van der Waals surface area (Å²) in [5.74, 6) is 0. The molecule has 0 aromatic carbocycles. The van der Waals surface area contributed by atoms with E-state index < -0.39 is 0 Å². The van der Waals surface area contributed by atoms with Gasteiger partial charge in [-0.3, -0.25) is 9.69 Å². The number of hydrogen-bond donors (Lipinski definition) is 0. The second-order valence-electron chi connectivity index (χ2n) is 2.85. The minimum atomic E-state index is -0.384. The van der Waals surface area contributed by atoms with E-state index in [9.17, 15) is 4.79 Å². The summed E-state index contributed by atoms with van der Waals surface area (Å²) in [6, 6.07) is 0.415. The van der Waals surface area contributed by atoms with Gasteiger partial charge in [0.05, 0.1) is 0 Å². The number of carbonyl (C=O) groups excluding carboxylic acids is 1. The standard InChI is InChI=1S/C8H12ClNO/c1-10-6-2-3-7(10)4-5-8(9)11/h4-5,7H,2-3,6H2,1H3/b5-4+. The molecule has 1 rings (SSSR count). The zero-order chi connectivity index (χ0) is 8.27. The highest BCUT2D eigenvalue weighted by Crippen LogP contribution is 2.15. The Morgan fingerprint density at radius 1 is 1.73 bits per heavy atom. The highest BCUT2D eigenvalue weighted by Gasteiger charge is 2.17. The molecule has 2 nitrogen and oxygen atoms in total. The lowest BCUT2D eigenvalue weighted by atomic mass is 10.2. The zero-order valence-corrected chi connectivity index (χ0v) is 7.34. The van der Waals surface area contributed by atoms with Crippen LogP contribution in [0.25, 0.3) is 0 Å². The predicted octanol–water partition coefficient (Wildman–Crippen LogP) is 1.40. The lowest BCUT2D eigenvalue weighted by Gasteiger charge is -2.14. The van der Waals surface area contributed by atoms with Gasteiger partial charge in [-0.1, -0.05) is 6.08 Å². The van der Waals surface area contributed by atoms with Crippen molar-refractivity contribution in [2.24, 2.45) is 0 Å². The molecule has 1 saturated heterocycles. The monoisotopic (exact) mass is 173 g/mol. The molecule has 0 bridgehead atoms. The third-order valence-corrected chi connectivity index (χ3v) is 2.15. The Morgan fingerprint density at radius 2 is 2.45 bits per heavy atom. The summed E-state index contributed by atoms with van der Waals surface area (Å²) in [7, 11) is 2.06. The highest BCUT2D eigenvalue weighted by atomic mass is 35.5. The van der Waals surface area contributed by atoms with Crippen molar-refractivity contribution >= 4 is 16.8 Å². The molecule has 1 fully saturated rings. The molecular formula is C8H12ClNO. The van der Waals surface area contributed by atoms with Crippen molar-refractivity contribution in [3.63, 3.8) is 0 Å². The van der Waals surface area contributed by atoms with Crippen molar-refractivity contribution in [3.8, 4) is 0 Å². The Balaban J connectivity index is 2.42. The van der Waals surface area contributed by atoms with Crippen LogP contribution in [-0.2, 0) is 4.79 Å². The predicted molar refractivity (Wildman–Crippen MR) is 45.7 cm³/mol. The first kappa shape index (κ1) is 8.75. The average Bonchev–Trinajstić information content (AvgIpc) is 2.31. The fraction of sp³-hybridized carbons (Fsp3) is 0.625. The van der Waals surface area contributed by atoms with E-state index in [0.29, 0.717) is 6.04 Å². The summed E-state index contributed by atoms with van der Waals surface area (Å²) >= 11 is 5.16. The van der Waals surface area contributed by atoms with E-state index in [1.54, 1.807) is 0 Å². The molecule has 1 unspecified atom stereocenters. The maximum atomic E-state index is 10.4. The van der Waals surface area contributed by atoms with Crippen LogP contribution in [0.15, 0.2) is 12.2 Å². The summed E-state index contributed by atoms with van der Waals surface area (Å²) in [6.07, 6.45) is 5.66. The number of nitrogens with zero attached hydrogens (tertiary/aromatic N) is 1. The first-order valence-electron chi connectivity index (χ1n) is 3.78. The van der Waals surface area contributed by atoms with E-state index in [-0.39, 0.29) is 5.24 Å². The number of halogens is 1. The molecular weight excluding hydrogens is 162 g/mol. The third-order valence-electron chi connectivity index (χ3n) is 2.03. The van der Waals surface area contributed by atoms with Gasteiger partial charge in [0, 0.05) is 6.04 Å². The molecule has 0 spiro atoms. The van der Waals surface area contributed by atoms with Gasteiger partial charge in [-0.2, -0.15) is 0 Å². The maximum Gasteiger partial charge on any atom is 0.244 e. The van der Waals surface area contributed by atoms with Crippen LogP contribution in [0, 0.1) is 0 Å². The maximum absolute atomic E-state index is 10.4. The van der Waals surface area contributed by atoms with E-state index in [2.05, 4.69) is 11.9 Å². The van der Waals surface area contributed by atoms with Gasteiger partial charge in [0.25, 0.3) is 0 Å². The lowest BCUT2D eigenvalue weighted by molar-refractivity contribution is -0.107. The molecule has 0 radical (unpaired) electrons. The van der Waals surface area contributed by atoms with Crippen LogP contribution in [0.3, 0.4) is 0 Å². The van der Waals surface area contributed by atoms with Gasteiger partial charge >= 0.3 is 0 Å². The highest BCUT2D eigenvalue weighted by molar-refractivity contribution is 6.66. The second-order valence-corrected chi connectivity index (χ2v) is 3.23. The molecule has 11 heavy (non-hydrogen) atoms. The minimum Gasteiger partial charge on any atom is -0.300 e. The van der Waals surface area contributed by atoms with Gasteiger partial charge in [0.1, 0.15) is 0 Å². The largest absolute Gasteiger partial charge is 0.300 e. The van der Waals surface area contributed by atoms with E-state index in [4.69, 9.17) is 11.6 Å². The summed E-state index contributed by atoms with van der Waals surface area (Å²) in [6.45, 7) is 1.12. The Kier molecular flexibility index (Phi) is 3.09. The molecule has 0 saturated carbocycles. The van der Waals surface area contributed by atoms with Gasteiger partial charge in [0.15, 0.2) is 0 Å². The Labute approximate surface area is 71.8 Å². The smallest absolute Gasteiger partial charge is 0.244 e. The minimum absolute atomic E-state index is 0.384. The zero-order valence-electron chi connectivity index (χ0n) is 6.59. The van der Waals surface area contributed by atoms with Gasteiger partial charge in [-0.25, -0.2) is 0 Å². The number of carbonyl (C=O) groups is 1. The third kappa shape index (κ3) is 2.64. The van der Waals surface area contributed by atoms with Crippen LogP contribution in [-0.4, -0.2) is 29.8 Å². The first-order valence-corrected chi connectivity index (χ1v) is 4.16. The van der Waals surface area contributed by atoms with Gasteiger partial charge in [0.2, 0.25) is 5.24 Å². The van der Waals surface area contributed by atoms with Crippen LogP contribution in [0.4, 0.5) is 0 Å². The number of hydrogen-bond acceptors (Lipinski definition) is 2. The topological polar surface area (TPSA) is 20.3 Å². The molecule has 0 aliphatic carbocycles. The van der Waals surface area contributed by atoms with Crippen molar-refractivity contribution < 1.29 is 4.79 Å². The fourth-order valence-corrected chi connectivity index (χ4v) is 1.44. The molecule has 1 atom stereocenters. The van der Waals surface area contributed by atoms with E-state index in [1.807, 2.05) is 6.08 Å². The van der Waals surface area contributed by atoms with Gasteiger partial charge in [-0.15, -0.1) is 0 Å². The Hall–Kier alpha value is -0.340. The number of allylic oxidation sites excluding steroid dienone is 1. The molecule has 0 aromatic rings. The van der Waals surface area contributed by atoms with Crippen molar-refractivity contribution in [1.29, 1.82) is 0 Å².